The molecule has 0 aliphatic rings. The minimum Gasteiger partial charge on any atom is -0.486 e. The molecule has 0 saturated carbocycles. The first-order chi connectivity index (χ1) is 8.70. The molecule has 1 nitrogen and oxygen atoms in total. The van der Waals surface area contributed by atoms with E-state index in [1.165, 1.54) is 18.2 Å². The average molecular weight is 313 g/mol. The Morgan fingerprint density at radius 3 is 2.39 bits per heavy atom. The lowest BCUT2D eigenvalue weighted by atomic mass is 10.2. The largest absolute Gasteiger partial charge is 0.486 e. The Labute approximate surface area is 113 Å². The Hall–Kier alpha value is -1.42. The van der Waals surface area contributed by atoms with Gasteiger partial charge in [0.15, 0.2) is 11.6 Å². The molecule has 0 unspecified atom stereocenters. The average Bonchev–Trinajstić information content (AvgIpc) is 2.39. The zero-order chi connectivity index (χ0) is 13.0. The summed E-state index contributed by atoms with van der Waals surface area (Å²) >= 11 is 3.28. The molecule has 0 amide bonds. The van der Waals surface area contributed by atoms with Gasteiger partial charge in [0.2, 0.25) is 0 Å². The van der Waals surface area contributed by atoms with Crippen molar-refractivity contribution < 1.29 is 13.5 Å². The smallest absolute Gasteiger partial charge is 0.165 e. The zero-order valence-electron chi connectivity index (χ0n) is 9.50. The molecule has 2 aromatic carbocycles. The molecule has 4 heteroatoms. The number of benzene rings is 2. The van der Waals surface area contributed by atoms with Crippen LogP contribution in [0.5, 0.6) is 5.75 Å². The highest BCUT2D eigenvalue weighted by atomic mass is 79.9. The van der Waals surface area contributed by atoms with Crippen molar-refractivity contribution >= 4 is 15.9 Å². The maximum atomic E-state index is 13.6. The Bertz CT molecular complexity index is 526. The predicted octanol–water partition coefficient (Wildman–Crippen LogP) is 4.44. The van der Waals surface area contributed by atoms with E-state index >= 15 is 0 Å². The molecule has 0 atom stereocenters. The summed E-state index contributed by atoms with van der Waals surface area (Å²) in [5.74, 6) is -0.460. The van der Waals surface area contributed by atoms with Gasteiger partial charge in [-0.05, 0) is 23.8 Å². The van der Waals surface area contributed by atoms with Gasteiger partial charge in [-0.1, -0.05) is 40.2 Å². The predicted molar refractivity (Wildman–Crippen MR) is 69.8 cm³/mol. The first-order valence-electron chi connectivity index (χ1n) is 5.41. The molecule has 0 aliphatic carbocycles. The van der Waals surface area contributed by atoms with Gasteiger partial charge in [-0.25, -0.2) is 8.78 Å². The van der Waals surface area contributed by atoms with Crippen molar-refractivity contribution in [3.63, 3.8) is 0 Å². The van der Waals surface area contributed by atoms with E-state index in [9.17, 15) is 8.78 Å². The van der Waals surface area contributed by atoms with Crippen LogP contribution in [0.2, 0.25) is 0 Å². The van der Waals surface area contributed by atoms with Crippen LogP contribution < -0.4 is 4.74 Å². The highest BCUT2D eigenvalue weighted by molar-refractivity contribution is 9.08. The highest BCUT2D eigenvalue weighted by Crippen LogP contribution is 2.25. The molecule has 94 valence electrons. The van der Waals surface area contributed by atoms with Gasteiger partial charge in [0.05, 0.1) is 0 Å². The summed E-state index contributed by atoms with van der Waals surface area (Å²) in [6.45, 7) is 0.210. The van der Waals surface area contributed by atoms with Crippen LogP contribution in [0.3, 0.4) is 0 Å². The van der Waals surface area contributed by atoms with Crippen molar-refractivity contribution in [1.82, 2.24) is 0 Å². The molecule has 0 N–H and O–H groups in total. The monoisotopic (exact) mass is 312 g/mol. The van der Waals surface area contributed by atoms with E-state index in [-0.39, 0.29) is 18.2 Å². The van der Waals surface area contributed by atoms with Crippen LogP contribution >= 0.6 is 15.9 Å². The lowest BCUT2D eigenvalue weighted by molar-refractivity contribution is 0.288. The van der Waals surface area contributed by atoms with Gasteiger partial charge in [-0.2, -0.15) is 0 Å². The molecule has 2 aromatic rings. The van der Waals surface area contributed by atoms with Gasteiger partial charge >= 0.3 is 0 Å². The molecule has 0 aliphatic heterocycles. The number of alkyl halides is 1. The lowest BCUT2D eigenvalue weighted by Crippen LogP contribution is -2.00. The van der Waals surface area contributed by atoms with Crippen LogP contribution in [0, 0.1) is 11.6 Å². The molecule has 0 heterocycles. The summed E-state index contributed by atoms with van der Waals surface area (Å²) in [5, 5.41) is 0.517. The molecule has 0 bridgehead atoms. The summed E-state index contributed by atoms with van der Waals surface area (Å²) in [5.41, 5.74) is 1.54. The van der Waals surface area contributed by atoms with Crippen molar-refractivity contribution in [2.45, 2.75) is 11.9 Å². The molecular weight excluding hydrogens is 302 g/mol. The second kappa shape index (κ2) is 5.96. The minimum absolute atomic E-state index is 0.210. The van der Waals surface area contributed by atoms with Crippen molar-refractivity contribution in [2.24, 2.45) is 0 Å². The van der Waals surface area contributed by atoms with E-state index < -0.39 is 5.82 Å². The van der Waals surface area contributed by atoms with Gasteiger partial charge in [0.1, 0.15) is 12.4 Å². The fourth-order valence-electron chi connectivity index (χ4n) is 1.56. The Kier molecular flexibility index (Phi) is 4.31. The van der Waals surface area contributed by atoms with Gasteiger partial charge in [0.25, 0.3) is 0 Å². The first-order valence-corrected chi connectivity index (χ1v) is 6.53. The quantitative estimate of drug-likeness (QED) is 0.758. The maximum Gasteiger partial charge on any atom is 0.165 e. The third-order valence-corrected chi connectivity index (χ3v) is 3.09. The third-order valence-electron chi connectivity index (χ3n) is 2.49. The van der Waals surface area contributed by atoms with Crippen LogP contribution in [0.15, 0.2) is 42.5 Å². The van der Waals surface area contributed by atoms with Gasteiger partial charge in [0, 0.05) is 10.9 Å². The van der Waals surface area contributed by atoms with E-state index in [0.717, 1.165) is 11.1 Å². The van der Waals surface area contributed by atoms with Crippen LogP contribution in [0.1, 0.15) is 11.1 Å². The molecule has 0 saturated heterocycles. The van der Waals surface area contributed by atoms with Crippen molar-refractivity contribution in [2.75, 3.05) is 0 Å². The summed E-state index contributed by atoms with van der Waals surface area (Å²) in [6.07, 6.45) is 0. The van der Waals surface area contributed by atoms with Gasteiger partial charge in [-0.3, -0.25) is 0 Å². The van der Waals surface area contributed by atoms with Crippen molar-refractivity contribution in [1.29, 1.82) is 0 Å². The van der Waals surface area contributed by atoms with Crippen LogP contribution in [0.4, 0.5) is 8.78 Å². The standard InChI is InChI=1S/C14H11BrF2O/c15-8-11-2-1-3-13(17)14(11)18-9-10-4-6-12(16)7-5-10/h1-7H,8-9H2. The van der Waals surface area contributed by atoms with Crippen molar-refractivity contribution in [3.05, 3.63) is 65.2 Å². The fourth-order valence-corrected chi connectivity index (χ4v) is 2.00. The summed E-state index contributed by atoms with van der Waals surface area (Å²) in [4.78, 5) is 0. The molecule has 0 spiro atoms. The molecule has 0 radical (unpaired) electrons. The third kappa shape index (κ3) is 3.07. The lowest BCUT2D eigenvalue weighted by Gasteiger charge is -2.11. The maximum absolute atomic E-state index is 13.6. The number of hydrogen-bond acceptors (Lipinski definition) is 1. The minimum atomic E-state index is -0.394. The number of halogens is 3. The Balaban J connectivity index is 2.12. The molecule has 18 heavy (non-hydrogen) atoms. The fraction of sp³-hybridized carbons (Fsp3) is 0.143. The van der Waals surface area contributed by atoms with Gasteiger partial charge in [-0.15, -0.1) is 0 Å². The summed E-state index contributed by atoms with van der Waals surface area (Å²) in [6, 6.07) is 10.7. The van der Waals surface area contributed by atoms with E-state index in [0.29, 0.717) is 5.33 Å². The SMILES string of the molecule is Fc1ccc(COc2c(F)cccc2CBr)cc1. The van der Waals surface area contributed by atoms with E-state index in [2.05, 4.69) is 15.9 Å². The number of hydrogen-bond donors (Lipinski definition) is 0. The second-order valence-electron chi connectivity index (χ2n) is 3.78. The van der Waals surface area contributed by atoms with E-state index in [1.54, 1.807) is 24.3 Å². The Morgan fingerprint density at radius 1 is 1.00 bits per heavy atom. The van der Waals surface area contributed by atoms with Crippen LogP contribution in [0.25, 0.3) is 0 Å². The van der Waals surface area contributed by atoms with E-state index in [1.807, 2.05) is 0 Å². The molecule has 2 rings (SSSR count). The second-order valence-corrected chi connectivity index (χ2v) is 4.34. The van der Waals surface area contributed by atoms with Crippen molar-refractivity contribution in [3.8, 4) is 5.75 Å². The van der Waals surface area contributed by atoms with Gasteiger partial charge < -0.3 is 4.74 Å². The molecule has 0 aromatic heterocycles. The highest BCUT2D eigenvalue weighted by Gasteiger charge is 2.09. The summed E-state index contributed by atoms with van der Waals surface area (Å²) in [7, 11) is 0. The van der Waals surface area contributed by atoms with Crippen LogP contribution in [-0.2, 0) is 11.9 Å². The number of para-hydroxylation sites is 1. The van der Waals surface area contributed by atoms with E-state index in [4.69, 9.17) is 4.74 Å². The zero-order valence-corrected chi connectivity index (χ0v) is 11.1. The Morgan fingerprint density at radius 2 is 1.72 bits per heavy atom. The number of rotatable bonds is 4. The summed E-state index contributed by atoms with van der Waals surface area (Å²) < 4.78 is 31.8. The van der Waals surface area contributed by atoms with Crippen LogP contribution in [-0.4, -0.2) is 0 Å². The topological polar surface area (TPSA) is 9.23 Å². The first kappa shape index (κ1) is 13.0. The molecule has 0 fully saturated rings. The normalized spacial score (nSPS) is 10.4. The number of ether oxygens (including phenoxy) is 1. The molecular formula is C14H11BrF2O.